The van der Waals surface area contributed by atoms with Crippen LogP contribution in [0.25, 0.3) is 0 Å². The zero-order valence-corrected chi connectivity index (χ0v) is 11.5. The van der Waals surface area contributed by atoms with Gasteiger partial charge in [-0.1, -0.05) is 20.8 Å². The SMILES string of the molecule is CC(C)(C)c1csc(NC(=O)c2nccs2)n1. The Morgan fingerprint density at radius 2 is 2.12 bits per heavy atom. The van der Waals surface area contributed by atoms with Crippen LogP contribution >= 0.6 is 22.7 Å². The van der Waals surface area contributed by atoms with Gasteiger partial charge >= 0.3 is 0 Å². The fraction of sp³-hybridized carbons (Fsp3) is 0.364. The zero-order chi connectivity index (χ0) is 12.5. The molecule has 2 rings (SSSR count). The number of nitrogens with one attached hydrogen (secondary N) is 1. The normalized spacial score (nSPS) is 11.5. The molecule has 6 heteroatoms. The van der Waals surface area contributed by atoms with E-state index in [0.717, 1.165) is 5.69 Å². The minimum Gasteiger partial charge on any atom is -0.296 e. The number of thiazole rings is 2. The monoisotopic (exact) mass is 267 g/mol. The molecule has 0 bridgehead atoms. The minimum atomic E-state index is -0.199. The first kappa shape index (κ1) is 12.2. The highest BCUT2D eigenvalue weighted by molar-refractivity contribution is 7.14. The van der Waals surface area contributed by atoms with Crippen LogP contribution in [0.5, 0.6) is 0 Å². The molecule has 0 aromatic carbocycles. The maximum absolute atomic E-state index is 11.7. The Hall–Kier alpha value is -1.27. The van der Waals surface area contributed by atoms with E-state index < -0.39 is 0 Å². The zero-order valence-electron chi connectivity index (χ0n) is 9.85. The van der Waals surface area contributed by atoms with Gasteiger partial charge in [-0.2, -0.15) is 0 Å². The topological polar surface area (TPSA) is 54.9 Å². The first-order chi connectivity index (χ1) is 7.97. The van der Waals surface area contributed by atoms with Crippen LogP contribution in [0.1, 0.15) is 36.3 Å². The van der Waals surface area contributed by atoms with E-state index in [1.54, 1.807) is 11.6 Å². The van der Waals surface area contributed by atoms with E-state index in [1.807, 2.05) is 5.38 Å². The fourth-order valence-electron chi connectivity index (χ4n) is 1.16. The van der Waals surface area contributed by atoms with Crippen molar-refractivity contribution in [2.45, 2.75) is 26.2 Å². The summed E-state index contributed by atoms with van der Waals surface area (Å²) < 4.78 is 0. The molecule has 1 N–H and O–H groups in total. The molecule has 0 aliphatic carbocycles. The predicted molar refractivity (Wildman–Crippen MR) is 70.9 cm³/mol. The molecule has 0 saturated heterocycles. The highest BCUT2D eigenvalue weighted by Gasteiger charge is 2.18. The number of aromatic nitrogens is 2. The van der Waals surface area contributed by atoms with E-state index >= 15 is 0 Å². The number of carbonyl (C=O) groups is 1. The van der Waals surface area contributed by atoms with Crippen molar-refractivity contribution >= 4 is 33.7 Å². The number of anilines is 1. The second kappa shape index (κ2) is 4.54. The van der Waals surface area contributed by atoms with Crippen LogP contribution < -0.4 is 5.32 Å². The summed E-state index contributed by atoms with van der Waals surface area (Å²) in [7, 11) is 0. The van der Waals surface area contributed by atoms with Crippen molar-refractivity contribution in [3.63, 3.8) is 0 Å². The second-order valence-corrected chi connectivity index (χ2v) is 6.33. The molecule has 17 heavy (non-hydrogen) atoms. The lowest BCUT2D eigenvalue weighted by molar-refractivity contribution is 0.102. The lowest BCUT2D eigenvalue weighted by Gasteiger charge is -2.14. The van der Waals surface area contributed by atoms with Crippen molar-refractivity contribution in [2.75, 3.05) is 5.32 Å². The molecule has 0 aliphatic heterocycles. The summed E-state index contributed by atoms with van der Waals surface area (Å²) in [6.07, 6.45) is 1.61. The first-order valence-electron chi connectivity index (χ1n) is 5.13. The molecule has 2 heterocycles. The van der Waals surface area contributed by atoms with Gasteiger partial charge in [0.15, 0.2) is 10.1 Å². The molecule has 0 atom stereocenters. The van der Waals surface area contributed by atoms with E-state index in [9.17, 15) is 4.79 Å². The standard InChI is InChI=1S/C11H13N3OS2/c1-11(2,3)7-6-17-10(13-7)14-8(15)9-12-4-5-16-9/h4-6H,1-3H3,(H,13,14,15). The minimum absolute atomic E-state index is 0.000654. The number of nitrogens with zero attached hydrogens (tertiary/aromatic N) is 2. The van der Waals surface area contributed by atoms with Crippen molar-refractivity contribution in [1.82, 2.24) is 9.97 Å². The van der Waals surface area contributed by atoms with Crippen molar-refractivity contribution in [2.24, 2.45) is 0 Å². The average molecular weight is 267 g/mol. The molecule has 0 unspecified atom stereocenters. The van der Waals surface area contributed by atoms with Crippen LogP contribution in [-0.2, 0) is 5.41 Å². The lowest BCUT2D eigenvalue weighted by atomic mass is 9.93. The molecule has 1 amide bonds. The van der Waals surface area contributed by atoms with Gasteiger partial charge in [-0.25, -0.2) is 9.97 Å². The summed E-state index contributed by atoms with van der Waals surface area (Å²) in [6.45, 7) is 6.28. The van der Waals surface area contributed by atoms with Gasteiger partial charge in [-0.05, 0) is 0 Å². The number of hydrogen-bond acceptors (Lipinski definition) is 5. The molecule has 4 nitrogen and oxygen atoms in total. The van der Waals surface area contributed by atoms with E-state index in [0.29, 0.717) is 10.1 Å². The second-order valence-electron chi connectivity index (χ2n) is 4.58. The van der Waals surface area contributed by atoms with Gasteiger partial charge in [0.2, 0.25) is 0 Å². The molecule has 0 spiro atoms. The Balaban J connectivity index is 2.10. The molecule has 90 valence electrons. The summed E-state index contributed by atoms with van der Waals surface area (Å²) in [5.74, 6) is -0.199. The Morgan fingerprint density at radius 1 is 1.35 bits per heavy atom. The van der Waals surface area contributed by atoms with E-state index in [1.165, 1.54) is 22.7 Å². The molecular weight excluding hydrogens is 254 g/mol. The summed E-state index contributed by atoms with van der Waals surface area (Å²) in [6, 6.07) is 0. The van der Waals surface area contributed by atoms with E-state index in [4.69, 9.17) is 0 Å². The number of amides is 1. The molecular formula is C11H13N3OS2. The van der Waals surface area contributed by atoms with Gasteiger partial charge < -0.3 is 0 Å². The maximum atomic E-state index is 11.7. The number of carbonyl (C=O) groups excluding carboxylic acids is 1. The molecule has 2 aromatic rings. The summed E-state index contributed by atoms with van der Waals surface area (Å²) >= 11 is 2.75. The summed E-state index contributed by atoms with van der Waals surface area (Å²) in [5.41, 5.74) is 0.984. The van der Waals surface area contributed by atoms with Gasteiger partial charge in [-0.3, -0.25) is 10.1 Å². The maximum Gasteiger partial charge on any atom is 0.286 e. The van der Waals surface area contributed by atoms with Crippen molar-refractivity contribution < 1.29 is 4.79 Å². The third kappa shape index (κ3) is 2.89. The van der Waals surface area contributed by atoms with Crippen LogP contribution in [0.3, 0.4) is 0 Å². The Morgan fingerprint density at radius 3 is 2.65 bits per heavy atom. The third-order valence-corrected chi connectivity index (χ3v) is 3.65. The van der Waals surface area contributed by atoms with Gasteiger partial charge in [-0.15, -0.1) is 22.7 Å². The number of rotatable bonds is 2. The Bertz CT molecular complexity index is 511. The van der Waals surface area contributed by atoms with Crippen LogP contribution in [0.2, 0.25) is 0 Å². The van der Waals surface area contributed by atoms with Gasteiger partial charge in [0.05, 0.1) is 5.69 Å². The molecule has 0 saturated carbocycles. The molecule has 0 radical (unpaired) electrons. The Labute approximate surface area is 108 Å². The largest absolute Gasteiger partial charge is 0.296 e. The van der Waals surface area contributed by atoms with Gasteiger partial charge in [0.25, 0.3) is 5.91 Å². The van der Waals surface area contributed by atoms with Crippen LogP contribution in [0, 0.1) is 0 Å². The summed E-state index contributed by atoms with van der Waals surface area (Å²) in [4.78, 5) is 20.1. The smallest absolute Gasteiger partial charge is 0.286 e. The van der Waals surface area contributed by atoms with E-state index in [-0.39, 0.29) is 11.3 Å². The van der Waals surface area contributed by atoms with Gasteiger partial charge in [0.1, 0.15) is 0 Å². The predicted octanol–water partition coefficient (Wildman–Crippen LogP) is 3.15. The molecule has 0 aliphatic rings. The van der Waals surface area contributed by atoms with Crippen LogP contribution in [0.15, 0.2) is 17.0 Å². The average Bonchev–Trinajstić information content (AvgIpc) is 2.85. The van der Waals surface area contributed by atoms with Crippen LogP contribution in [0.4, 0.5) is 5.13 Å². The van der Waals surface area contributed by atoms with Crippen molar-refractivity contribution in [3.05, 3.63) is 27.7 Å². The Kier molecular flexibility index (Phi) is 3.26. The third-order valence-electron chi connectivity index (χ3n) is 2.12. The highest BCUT2D eigenvalue weighted by Crippen LogP contribution is 2.26. The quantitative estimate of drug-likeness (QED) is 0.909. The van der Waals surface area contributed by atoms with E-state index in [2.05, 4.69) is 36.1 Å². The van der Waals surface area contributed by atoms with Crippen LogP contribution in [-0.4, -0.2) is 15.9 Å². The fourth-order valence-corrected chi connectivity index (χ4v) is 2.62. The first-order valence-corrected chi connectivity index (χ1v) is 6.89. The van der Waals surface area contributed by atoms with Gasteiger partial charge in [0, 0.05) is 22.4 Å². The highest BCUT2D eigenvalue weighted by atomic mass is 32.1. The lowest BCUT2D eigenvalue weighted by Crippen LogP contribution is -2.14. The molecule has 0 fully saturated rings. The van der Waals surface area contributed by atoms with Crippen molar-refractivity contribution in [1.29, 1.82) is 0 Å². The van der Waals surface area contributed by atoms with Crippen molar-refractivity contribution in [3.8, 4) is 0 Å². The molecule has 2 aromatic heterocycles. The number of hydrogen-bond donors (Lipinski definition) is 1. The summed E-state index contributed by atoms with van der Waals surface area (Å²) in [5, 5.41) is 7.57.